The van der Waals surface area contributed by atoms with E-state index in [-0.39, 0.29) is 11.8 Å². The van der Waals surface area contributed by atoms with Gasteiger partial charge < -0.3 is 19.6 Å². The number of carbonyl (C=O) groups excluding carboxylic acids is 1. The number of para-hydroxylation sites is 2. The highest BCUT2D eigenvalue weighted by atomic mass is 16.3. The number of rotatable bonds is 4. The molecule has 1 aliphatic rings. The number of hydrogen-bond donors (Lipinski definition) is 2. The first-order valence-corrected chi connectivity index (χ1v) is 8.72. The Morgan fingerprint density at radius 3 is 3.04 bits per heavy atom. The number of anilines is 1. The maximum atomic E-state index is 12.5. The summed E-state index contributed by atoms with van der Waals surface area (Å²) in [6.45, 7) is 3.94. The molecule has 3 aromatic rings. The number of nitrogens with one attached hydrogen (secondary N) is 2. The number of furan rings is 1. The lowest BCUT2D eigenvalue weighted by Crippen LogP contribution is -2.43. The number of aromatic amines is 1. The Bertz CT molecular complexity index is 849. The van der Waals surface area contributed by atoms with Crippen molar-refractivity contribution in [1.82, 2.24) is 15.3 Å². The van der Waals surface area contributed by atoms with E-state index in [4.69, 9.17) is 4.42 Å². The molecule has 1 aliphatic heterocycles. The number of aromatic nitrogens is 2. The number of carbonyl (C=O) groups is 1. The molecule has 1 fully saturated rings. The fourth-order valence-electron chi connectivity index (χ4n) is 3.37. The first kappa shape index (κ1) is 15.7. The van der Waals surface area contributed by atoms with Gasteiger partial charge in [0.25, 0.3) is 0 Å². The number of fused-ring (bicyclic) bond motifs is 1. The van der Waals surface area contributed by atoms with Gasteiger partial charge in [-0.25, -0.2) is 4.98 Å². The molecular formula is C19H22N4O2. The van der Waals surface area contributed by atoms with Gasteiger partial charge in [-0.05, 0) is 44.0 Å². The first-order chi connectivity index (χ1) is 12.2. The Kier molecular flexibility index (Phi) is 4.17. The SMILES string of the molecule is Cc1ccc(CNC(=O)C2CCCN(c3nc4ccccc4[nH]3)C2)o1. The van der Waals surface area contributed by atoms with Gasteiger partial charge in [-0.1, -0.05) is 12.1 Å². The lowest BCUT2D eigenvalue weighted by molar-refractivity contribution is -0.125. The van der Waals surface area contributed by atoms with Crippen LogP contribution in [0.3, 0.4) is 0 Å². The minimum atomic E-state index is -0.0296. The molecule has 1 saturated heterocycles. The van der Waals surface area contributed by atoms with E-state index < -0.39 is 0 Å². The third-order valence-electron chi connectivity index (χ3n) is 4.70. The second-order valence-electron chi connectivity index (χ2n) is 6.59. The predicted molar refractivity (Wildman–Crippen MR) is 96.3 cm³/mol. The van der Waals surface area contributed by atoms with Gasteiger partial charge in [0, 0.05) is 13.1 Å². The summed E-state index contributed by atoms with van der Waals surface area (Å²) in [5.41, 5.74) is 1.98. The van der Waals surface area contributed by atoms with E-state index >= 15 is 0 Å². The average molecular weight is 338 g/mol. The van der Waals surface area contributed by atoms with Crippen LogP contribution in [0.25, 0.3) is 11.0 Å². The van der Waals surface area contributed by atoms with E-state index in [0.717, 1.165) is 47.9 Å². The molecule has 1 amide bonds. The van der Waals surface area contributed by atoms with Crippen molar-refractivity contribution >= 4 is 22.9 Å². The molecule has 0 aliphatic carbocycles. The number of piperidine rings is 1. The molecule has 25 heavy (non-hydrogen) atoms. The normalized spacial score (nSPS) is 17.8. The highest BCUT2D eigenvalue weighted by Gasteiger charge is 2.27. The molecule has 6 heteroatoms. The Hall–Kier alpha value is -2.76. The molecule has 130 valence electrons. The number of H-pyrrole nitrogens is 1. The molecule has 2 N–H and O–H groups in total. The summed E-state index contributed by atoms with van der Waals surface area (Å²) in [4.78, 5) is 22.7. The van der Waals surface area contributed by atoms with Gasteiger partial charge in [-0.3, -0.25) is 4.79 Å². The number of amides is 1. The first-order valence-electron chi connectivity index (χ1n) is 8.72. The van der Waals surface area contributed by atoms with Crippen molar-refractivity contribution in [3.8, 4) is 0 Å². The van der Waals surface area contributed by atoms with Gasteiger partial charge in [-0.2, -0.15) is 0 Å². The molecule has 1 atom stereocenters. The van der Waals surface area contributed by atoms with Crippen LogP contribution in [0.4, 0.5) is 5.95 Å². The van der Waals surface area contributed by atoms with Crippen LogP contribution in [0.1, 0.15) is 24.4 Å². The molecule has 0 saturated carbocycles. The Morgan fingerprint density at radius 1 is 1.36 bits per heavy atom. The molecule has 0 spiro atoms. The third kappa shape index (κ3) is 3.38. The zero-order valence-corrected chi connectivity index (χ0v) is 14.3. The van der Waals surface area contributed by atoms with Crippen LogP contribution < -0.4 is 10.2 Å². The highest BCUT2D eigenvalue weighted by Crippen LogP contribution is 2.23. The fourth-order valence-corrected chi connectivity index (χ4v) is 3.37. The average Bonchev–Trinajstić information content (AvgIpc) is 3.25. The summed E-state index contributed by atoms with van der Waals surface area (Å²) in [5.74, 6) is 2.54. The van der Waals surface area contributed by atoms with Crippen molar-refractivity contribution in [2.24, 2.45) is 5.92 Å². The van der Waals surface area contributed by atoms with Crippen LogP contribution in [0, 0.1) is 12.8 Å². The number of nitrogens with zero attached hydrogens (tertiary/aromatic N) is 2. The van der Waals surface area contributed by atoms with E-state index in [9.17, 15) is 4.79 Å². The Labute approximate surface area is 146 Å². The van der Waals surface area contributed by atoms with Crippen LogP contribution in [0.2, 0.25) is 0 Å². The van der Waals surface area contributed by atoms with Gasteiger partial charge in [0.1, 0.15) is 11.5 Å². The molecule has 0 radical (unpaired) electrons. The van der Waals surface area contributed by atoms with E-state index in [0.29, 0.717) is 13.1 Å². The second-order valence-corrected chi connectivity index (χ2v) is 6.59. The summed E-state index contributed by atoms with van der Waals surface area (Å²) in [7, 11) is 0. The predicted octanol–water partition coefficient (Wildman–Crippen LogP) is 3.00. The summed E-state index contributed by atoms with van der Waals surface area (Å²) in [5, 5.41) is 2.99. The monoisotopic (exact) mass is 338 g/mol. The number of hydrogen-bond acceptors (Lipinski definition) is 4. The maximum Gasteiger partial charge on any atom is 0.225 e. The minimum absolute atomic E-state index is 0.0296. The van der Waals surface area contributed by atoms with Gasteiger partial charge in [0.15, 0.2) is 0 Å². The molecule has 2 aromatic heterocycles. The lowest BCUT2D eigenvalue weighted by Gasteiger charge is -2.31. The van der Waals surface area contributed by atoms with Gasteiger partial charge in [0.05, 0.1) is 23.5 Å². The van der Waals surface area contributed by atoms with Gasteiger partial charge in [-0.15, -0.1) is 0 Å². The van der Waals surface area contributed by atoms with Crippen molar-refractivity contribution in [2.45, 2.75) is 26.3 Å². The molecule has 3 heterocycles. The van der Waals surface area contributed by atoms with Gasteiger partial charge in [0.2, 0.25) is 11.9 Å². The van der Waals surface area contributed by atoms with Gasteiger partial charge >= 0.3 is 0 Å². The number of aryl methyl sites for hydroxylation is 1. The van der Waals surface area contributed by atoms with Crippen molar-refractivity contribution in [2.75, 3.05) is 18.0 Å². The minimum Gasteiger partial charge on any atom is -0.465 e. The smallest absolute Gasteiger partial charge is 0.225 e. The summed E-state index contributed by atoms with van der Waals surface area (Å²) in [6, 6.07) is 11.8. The second kappa shape index (κ2) is 6.63. The summed E-state index contributed by atoms with van der Waals surface area (Å²) in [6.07, 6.45) is 1.88. The van der Waals surface area contributed by atoms with Crippen molar-refractivity contribution in [3.05, 3.63) is 47.9 Å². The van der Waals surface area contributed by atoms with Crippen molar-refractivity contribution in [3.63, 3.8) is 0 Å². The third-order valence-corrected chi connectivity index (χ3v) is 4.70. The zero-order valence-electron chi connectivity index (χ0n) is 14.3. The van der Waals surface area contributed by atoms with E-state index in [1.165, 1.54) is 0 Å². The zero-order chi connectivity index (χ0) is 17.2. The van der Waals surface area contributed by atoms with Crippen LogP contribution in [0.15, 0.2) is 40.8 Å². The number of benzene rings is 1. The van der Waals surface area contributed by atoms with Crippen molar-refractivity contribution < 1.29 is 9.21 Å². The Balaban J connectivity index is 1.40. The Morgan fingerprint density at radius 2 is 2.24 bits per heavy atom. The van der Waals surface area contributed by atoms with Crippen LogP contribution >= 0.6 is 0 Å². The number of imidazole rings is 1. The molecular weight excluding hydrogens is 316 g/mol. The van der Waals surface area contributed by atoms with Crippen LogP contribution in [-0.4, -0.2) is 29.0 Å². The molecule has 1 aromatic carbocycles. The quantitative estimate of drug-likeness (QED) is 0.767. The maximum absolute atomic E-state index is 12.5. The van der Waals surface area contributed by atoms with Crippen LogP contribution in [0.5, 0.6) is 0 Å². The molecule has 1 unspecified atom stereocenters. The van der Waals surface area contributed by atoms with E-state index in [1.807, 2.05) is 43.3 Å². The molecule has 0 bridgehead atoms. The standard InChI is InChI=1S/C19H22N4O2/c1-13-8-9-15(25-13)11-20-18(24)14-5-4-10-23(12-14)19-21-16-6-2-3-7-17(16)22-19/h2-3,6-9,14H,4-5,10-12H2,1H3,(H,20,24)(H,21,22). The fraction of sp³-hybridized carbons (Fsp3) is 0.368. The summed E-state index contributed by atoms with van der Waals surface area (Å²) < 4.78 is 5.51. The largest absolute Gasteiger partial charge is 0.465 e. The van der Waals surface area contributed by atoms with E-state index in [1.54, 1.807) is 0 Å². The topological polar surface area (TPSA) is 74.2 Å². The molecule has 6 nitrogen and oxygen atoms in total. The summed E-state index contributed by atoms with van der Waals surface area (Å²) >= 11 is 0. The molecule has 4 rings (SSSR count). The highest BCUT2D eigenvalue weighted by molar-refractivity contribution is 5.80. The van der Waals surface area contributed by atoms with Crippen LogP contribution in [-0.2, 0) is 11.3 Å². The van der Waals surface area contributed by atoms with E-state index in [2.05, 4.69) is 20.2 Å². The lowest BCUT2D eigenvalue weighted by atomic mass is 9.97. The van der Waals surface area contributed by atoms with Crippen molar-refractivity contribution in [1.29, 1.82) is 0 Å².